The van der Waals surface area contributed by atoms with Crippen LogP contribution in [0.1, 0.15) is 24.1 Å². The number of hydrogen-bond donors (Lipinski definition) is 2. The minimum absolute atomic E-state index is 0. The van der Waals surface area contributed by atoms with Crippen molar-refractivity contribution >= 4 is 29.9 Å². The minimum Gasteiger partial charge on any atom is -0.497 e. The largest absolute Gasteiger partial charge is 0.497 e. The molecule has 0 bridgehead atoms. The third kappa shape index (κ3) is 7.76. The van der Waals surface area contributed by atoms with E-state index < -0.39 is 0 Å². The van der Waals surface area contributed by atoms with Gasteiger partial charge in [0.15, 0.2) is 5.96 Å². The predicted molar refractivity (Wildman–Crippen MR) is 124 cm³/mol. The summed E-state index contributed by atoms with van der Waals surface area (Å²) in [6.07, 6.45) is 0. The van der Waals surface area contributed by atoms with Gasteiger partial charge in [-0.15, -0.1) is 24.0 Å². The summed E-state index contributed by atoms with van der Waals surface area (Å²) in [6, 6.07) is 18.7. The van der Waals surface area contributed by atoms with Crippen molar-refractivity contribution in [3.05, 3.63) is 65.7 Å². The van der Waals surface area contributed by atoms with E-state index in [-0.39, 0.29) is 30.0 Å². The molecule has 0 aliphatic rings. The van der Waals surface area contributed by atoms with Gasteiger partial charge in [0.25, 0.3) is 0 Å². The Kier molecular flexibility index (Phi) is 10.8. The first kappa shape index (κ1) is 23.2. The van der Waals surface area contributed by atoms with Crippen LogP contribution >= 0.6 is 24.0 Å². The van der Waals surface area contributed by atoms with Crippen molar-refractivity contribution < 1.29 is 4.74 Å². The zero-order valence-electron chi connectivity index (χ0n) is 16.6. The van der Waals surface area contributed by atoms with Crippen LogP contribution in [0.2, 0.25) is 0 Å². The number of hydrogen-bond acceptors (Lipinski definition) is 3. The summed E-state index contributed by atoms with van der Waals surface area (Å²) >= 11 is 0. The maximum atomic E-state index is 5.26. The lowest BCUT2D eigenvalue weighted by Gasteiger charge is -2.26. The van der Waals surface area contributed by atoms with Crippen molar-refractivity contribution in [2.75, 3.05) is 34.3 Å². The number of aliphatic imine (C=N–C) groups is 1. The molecule has 0 amide bonds. The predicted octanol–water partition coefficient (Wildman–Crippen LogP) is 3.67. The molecule has 0 saturated carbocycles. The SMILES string of the molecule is CCNC(=NCc1ccccc1)NCC(c1ccc(OC)cc1)N(C)C.I. The van der Waals surface area contributed by atoms with Gasteiger partial charge in [0.2, 0.25) is 0 Å². The smallest absolute Gasteiger partial charge is 0.191 e. The van der Waals surface area contributed by atoms with Crippen LogP contribution in [0.3, 0.4) is 0 Å². The van der Waals surface area contributed by atoms with Crippen LogP contribution in [-0.4, -0.2) is 45.2 Å². The van der Waals surface area contributed by atoms with Gasteiger partial charge >= 0.3 is 0 Å². The minimum atomic E-state index is 0. The number of methoxy groups -OCH3 is 1. The molecular formula is C21H31IN4O. The maximum Gasteiger partial charge on any atom is 0.191 e. The first-order valence-electron chi connectivity index (χ1n) is 9.00. The summed E-state index contributed by atoms with van der Waals surface area (Å²) in [5.41, 5.74) is 2.44. The zero-order valence-corrected chi connectivity index (χ0v) is 18.9. The molecule has 5 nitrogen and oxygen atoms in total. The number of benzene rings is 2. The van der Waals surface area contributed by atoms with Gasteiger partial charge in [-0.1, -0.05) is 42.5 Å². The van der Waals surface area contributed by atoms with Crippen LogP contribution in [0.5, 0.6) is 5.75 Å². The molecule has 0 saturated heterocycles. The fourth-order valence-corrected chi connectivity index (χ4v) is 2.71. The molecule has 0 aromatic heterocycles. The molecular weight excluding hydrogens is 451 g/mol. The highest BCUT2D eigenvalue weighted by Crippen LogP contribution is 2.20. The van der Waals surface area contributed by atoms with Gasteiger partial charge in [-0.3, -0.25) is 0 Å². The van der Waals surface area contributed by atoms with Crippen LogP contribution in [0, 0.1) is 0 Å². The van der Waals surface area contributed by atoms with Crippen LogP contribution in [0.25, 0.3) is 0 Å². The van der Waals surface area contributed by atoms with Gasteiger partial charge < -0.3 is 20.3 Å². The molecule has 2 rings (SSSR count). The summed E-state index contributed by atoms with van der Waals surface area (Å²) in [5, 5.41) is 6.78. The lowest BCUT2D eigenvalue weighted by Crippen LogP contribution is -2.41. The summed E-state index contributed by atoms with van der Waals surface area (Å²) in [7, 11) is 5.86. The van der Waals surface area contributed by atoms with E-state index in [1.807, 2.05) is 30.3 Å². The Hall–Kier alpha value is -1.80. The Morgan fingerprint density at radius 1 is 1.04 bits per heavy atom. The standard InChI is InChI=1S/C21H30N4O.HI/c1-5-22-21(23-15-17-9-7-6-8-10-17)24-16-20(25(2)3)18-11-13-19(26-4)14-12-18;/h6-14,20H,5,15-16H2,1-4H3,(H2,22,23,24);1H. The van der Waals surface area contributed by atoms with Crippen molar-refractivity contribution in [1.82, 2.24) is 15.5 Å². The number of ether oxygens (including phenoxy) is 1. The zero-order chi connectivity index (χ0) is 18.8. The van der Waals surface area contributed by atoms with E-state index in [1.165, 1.54) is 11.1 Å². The average Bonchev–Trinajstić information content (AvgIpc) is 2.67. The molecule has 0 radical (unpaired) electrons. The van der Waals surface area contributed by atoms with E-state index in [0.717, 1.165) is 24.8 Å². The Balaban J connectivity index is 0.00000364. The topological polar surface area (TPSA) is 48.9 Å². The van der Waals surface area contributed by atoms with Crippen molar-refractivity contribution in [3.63, 3.8) is 0 Å². The second-order valence-corrected chi connectivity index (χ2v) is 6.31. The van der Waals surface area contributed by atoms with Crippen molar-refractivity contribution in [1.29, 1.82) is 0 Å². The average molecular weight is 482 g/mol. The number of likely N-dealkylation sites (N-methyl/N-ethyl adjacent to an activating group) is 1. The number of nitrogens with zero attached hydrogens (tertiary/aromatic N) is 2. The van der Waals surface area contributed by atoms with Gasteiger partial charge in [0.05, 0.1) is 19.7 Å². The van der Waals surface area contributed by atoms with E-state index >= 15 is 0 Å². The van der Waals surface area contributed by atoms with Gasteiger partial charge in [-0.05, 0) is 44.3 Å². The van der Waals surface area contributed by atoms with Gasteiger partial charge in [-0.2, -0.15) is 0 Å². The molecule has 0 aliphatic carbocycles. The Morgan fingerprint density at radius 3 is 2.26 bits per heavy atom. The summed E-state index contributed by atoms with van der Waals surface area (Å²) in [6.45, 7) is 4.33. The Morgan fingerprint density at radius 2 is 1.70 bits per heavy atom. The van der Waals surface area contributed by atoms with E-state index in [2.05, 4.69) is 60.8 Å². The van der Waals surface area contributed by atoms with Gasteiger partial charge in [-0.25, -0.2) is 4.99 Å². The highest BCUT2D eigenvalue weighted by molar-refractivity contribution is 14.0. The Labute approximate surface area is 180 Å². The number of guanidine groups is 1. The maximum absolute atomic E-state index is 5.26. The lowest BCUT2D eigenvalue weighted by molar-refractivity contribution is 0.298. The van der Waals surface area contributed by atoms with Crippen LogP contribution in [0.15, 0.2) is 59.6 Å². The van der Waals surface area contributed by atoms with E-state index in [1.54, 1.807) is 7.11 Å². The van der Waals surface area contributed by atoms with Crippen LogP contribution in [0.4, 0.5) is 0 Å². The van der Waals surface area contributed by atoms with E-state index in [9.17, 15) is 0 Å². The molecule has 1 unspecified atom stereocenters. The highest BCUT2D eigenvalue weighted by Gasteiger charge is 2.14. The number of rotatable bonds is 8. The van der Waals surface area contributed by atoms with Crippen molar-refractivity contribution in [3.8, 4) is 5.75 Å². The summed E-state index contributed by atoms with van der Waals surface area (Å²) in [4.78, 5) is 6.90. The molecule has 148 valence electrons. The molecule has 0 fully saturated rings. The van der Waals surface area contributed by atoms with Crippen LogP contribution < -0.4 is 15.4 Å². The second kappa shape index (κ2) is 12.6. The molecule has 2 aromatic rings. The normalized spacial score (nSPS) is 12.3. The quantitative estimate of drug-likeness (QED) is 0.343. The van der Waals surface area contributed by atoms with Crippen LogP contribution in [-0.2, 0) is 6.54 Å². The molecule has 0 heterocycles. The summed E-state index contributed by atoms with van der Waals surface area (Å²) in [5.74, 6) is 1.70. The summed E-state index contributed by atoms with van der Waals surface area (Å²) < 4.78 is 5.26. The number of nitrogens with one attached hydrogen (secondary N) is 2. The Bertz CT molecular complexity index is 674. The molecule has 2 aromatic carbocycles. The molecule has 0 spiro atoms. The fraction of sp³-hybridized carbons (Fsp3) is 0.381. The molecule has 6 heteroatoms. The first-order valence-corrected chi connectivity index (χ1v) is 9.00. The number of halogens is 1. The lowest BCUT2D eigenvalue weighted by atomic mass is 10.1. The third-order valence-electron chi connectivity index (χ3n) is 4.19. The third-order valence-corrected chi connectivity index (χ3v) is 4.19. The first-order chi connectivity index (χ1) is 12.6. The van der Waals surface area contributed by atoms with E-state index in [0.29, 0.717) is 6.54 Å². The second-order valence-electron chi connectivity index (χ2n) is 6.31. The monoisotopic (exact) mass is 482 g/mol. The van der Waals surface area contributed by atoms with E-state index in [4.69, 9.17) is 9.73 Å². The fourth-order valence-electron chi connectivity index (χ4n) is 2.71. The molecule has 27 heavy (non-hydrogen) atoms. The van der Waals surface area contributed by atoms with Crippen molar-refractivity contribution in [2.24, 2.45) is 4.99 Å². The molecule has 0 aliphatic heterocycles. The highest BCUT2D eigenvalue weighted by atomic mass is 127. The van der Waals surface area contributed by atoms with Gasteiger partial charge in [0.1, 0.15) is 5.75 Å². The van der Waals surface area contributed by atoms with Gasteiger partial charge in [0, 0.05) is 13.1 Å². The van der Waals surface area contributed by atoms with Crippen molar-refractivity contribution in [2.45, 2.75) is 19.5 Å². The molecule has 2 N–H and O–H groups in total. The molecule has 1 atom stereocenters.